The lowest BCUT2D eigenvalue weighted by Crippen LogP contribution is -2.29. The molecular weight excluding hydrogens is 364 g/mol. The van der Waals surface area contributed by atoms with Crippen LogP contribution in [0.2, 0.25) is 0 Å². The van der Waals surface area contributed by atoms with Gasteiger partial charge in [0, 0.05) is 17.5 Å². The van der Waals surface area contributed by atoms with Crippen molar-refractivity contribution in [1.29, 1.82) is 0 Å². The van der Waals surface area contributed by atoms with E-state index < -0.39 is 5.60 Å². The molecule has 0 saturated heterocycles. The van der Waals surface area contributed by atoms with Crippen molar-refractivity contribution in [1.82, 2.24) is 9.55 Å². The molecule has 6 heteroatoms. The molecule has 29 heavy (non-hydrogen) atoms. The molecule has 2 heterocycles. The Morgan fingerprint density at radius 2 is 1.90 bits per heavy atom. The van der Waals surface area contributed by atoms with E-state index in [4.69, 9.17) is 10.5 Å². The van der Waals surface area contributed by atoms with Gasteiger partial charge in [0.25, 0.3) is 6.02 Å². The number of hydrogen-bond acceptors (Lipinski definition) is 4. The third-order valence-corrected chi connectivity index (χ3v) is 4.82. The van der Waals surface area contributed by atoms with Crippen LogP contribution in [0.1, 0.15) is 49.2 Å². The summed E-state index contributed by atoms with van der Waals surface area (Å²) >= 11 is 0. The fraction of sp³-hybridized carbons (Fsp3) is 0.261. The molecule has 148 valence electrons. The monoisotopic (exact) mass is 388 g/mol. The van der Waals surface area contributed by atoms with Gasteiger partial charge >= 0.3 is 0 Å². The first-order valence-electron chi connectivity index (χ1n) is 9.60. The summed E-state index contributed by atoms with van der Waals surface area (Å²) in [5.41, 5.74) is 9.81. The zero-order valence-corrected chi connectivity index (χ0v) is 16.8. The third kappa shape index (κ3) is 3.78. The number of imidazole rings is 1. The minimum Gasteiger partial charge on any atom is -0.459 e. The van der Waals surface area contributed by atoms with Crippen LogP contribution in [0.15, 0.2) is 66.0 Å². The highest BCUT2D eigenvalue weighted by Crippen LogP contribution is 2.41. The maximum Gasteiger partial charge on any atom is 0.287 e. The SMILES string of the molecule is CC(C)(C)OC(N)=Nc1ccccc1C(=O)CC1c2ccccc2-c2cncn21. The Morgan fingerprint density at radius 1 is 1.17 bits per heavy atom. The zero-order valence-electron chi connectivity index (χ0n) is 16.8. The van der Waals surface area contributed by atoms with E-state index in [2.05, 4.69) is 26.7 Å². The number of para-hydroxylation sites is 1. The molecule has 1 unspecified atom stereocenters. The maximum atomic E-state index is 13.2. The molecule has 0 fully saturated rings. The molecule has 0 saturated carbocycles. The summed E-state index contributed by atoms with van der Waals surface area (Å²) in [6.45, 7) is 5.69. The normalized spacial score (nSPS) is 15.7. The van der Waals surface area contributed by atoms with Crippen LogP contribution in [0.3, 0.4) is 0 Å². The fourth-order valence-corrected chi connectivity index (χ4v) is 3.69. The number of Topliss-reactive ketones (excluding diaryl/α,β-unsaturated/α-hetero) is 1. The number of ether oxygens (including phenoxy) is 1. The van der Waals surface area contributed by atoms with Crippen molar-refractivity contribution in [2.24, 2.45) is 10.7 Å². The summed E-state index contributed by atoms with van der Waals surface area (Å²) in [4.78, 5) is 21.9. The number of nitrogens with zero attached hydrogens (tertiary/aromatic N) is 3. The lowest BCUT2D eigenvalue weighted by atomic mass is 9.96. The number of carbonyl (C=O) groups is 1. The topological polar surface area (TPSA) is 82.5 Å². The van der Waals surface area contributed by atoms with E-state index in [1.165, 1.54) is 0 Å². The van der Waals surface area contributed by atoms with Crippen molar-refractivity contribution in [2.45, 2.75) is 38.8 Å². The first kappa shape index (κ1) is 18.9. The van der Waals surface area contributed by atoms with Gasteiger partial charge in [-0.2, -0.15) is 4.99 Å². The highest BCUT2D eigenvalue weighted by molar-refractivity contribution is 6.02. The van der Waals surface area contributed by atoms with Crippen LogP contribution in [-0.2, 0) is 4.74 Å². The van der Waals surface area contributed by atoms with Crippen molar-refractivity contribution in [2.75, 3.05) is 0 Å². The standard InChI is InChI=1S/C23H24N4O2/c1-23(2,3)29-22(24)26-18-11-7-6-10-17(18)21(28)12-19-15-8-4-5-9-16(15)20-13-25-14-27(19)20/h4-11,13-14,19H,12H2,1-3H3,(H2,24,26). The average molecular weight is 388 g/mol. The van der Waals surface area contributed by atoms with Crippen molar-refractivity contribution in [3.05, 3.63) is 72.2 Å². The molecule has 1 aliphatic heterocycles. The van der Waals surface area contributed by atoms with Gasteiger partial charge in [-0.25, -0.2) is 4.98 Å². The molecule has 0 spiro atoms. The second-order valence-electron chi connectivity index (χ2n) is 8.10. The smallest absolute Gasteiger partial charge is 0.287 e. The molecule has 2 aromatic carbocycles. The molecule has 0 bridgehead atoms. The molecule has 2 N–H and O–H groups in total. The number of fused-ring (bicyclic) bond motifs is 3. The number of aliphatic imine (C=N–C) groups is 1. The van der Waals surface area contributed by atoms with E-state index in [0.29, 0.717) is 17.7 Å². The number of benzene rings is 2. The number of rotatable bonds is 4. The lowest BCUT2D eigenvalue weighted by molar-refractivity contribution is 0.0971. The molecule has 6 nitrogen and oxygen atoms in total. The summed E-state index contributed by atoms with van der Waals surface area (Å²) in [6, 6.07) is 15.3. The van der Waals surface area contributed by atoms with Crippen molar-refractivity contribution < 1.29 is 9.53 Å². The summed E-state index contributed by atoms with van der Waals surface area (Å²) in [5, 5.41) is 0. The van der Waals surface area contributed by atoms with E-state index >= 15 is 0 Å². The summed E-state index contributed by atoms with van der Waals surface area (Å²) in [6.07, 6.45) is 3.94. The van der Waals surface area contributed by atoms with Gasteiger partial charge in [-0.1, -0.05) is 36.4 Å². The highest BCUT2D eigenvalue weighted by atomic mass is 16.5. The van der Waals surface area contributed by atoms with Crippen molar-refractivity contribution in [3.8, 4) is 11.3 Å². The predicted octanol–water partition coefficient (Wildman–Crippen LogP) is 4.49. The molecule has 1 atom stereocenters. The molecular formula is C23H24N4O2. The summed E-state index contributed by atoms with van der Waals surface area (Å²) in [5.74, 6) is -0.00531. The van der Waals surface area contributed by atoms with E-state index in [-0.39, 0.29) is 17.8 Å². The van der Waals surface area contributed by atoms with Crippen LogP contribution in [-0.4, -0.2) is 27.0 Å². The van der Waals surface area contributed by atoms with Gasteiger partial charge in [0.15, 0.2) is 5.78 Å². The van der Waals surface area contributed by atoms with E-state index in [9.17, 15) is 4.79 Å². The molecule has 1 aliphatic rings. The number of hydrogen-bond donors (Lipinski definition) is 1. The largest absolute Gasteiger partial charge is 0.459 e. The first-order valence-corrected chi connectivity index (χ1v) is 9.60. The molecule has 4 rings (SSSR count). The lowest BCUT2D eigenvalue weighted by Gasteiger charge is -2.20. The van der Waals surface area contributed by atoms with Crippen LogP contribution >= 0.6 is 0 Å². The second-order valence-corrected chi connectivity index (χ2v) is 8.10. The summed E-state index contributed by atoms with van der Waals surface area (Å²) in [7, 11) is 0. The van der Waals surface area contributed by atoms with Gasteiger partial charge in [-0.05, 0) is 38.5 Å². The fourth-order valence-electron chi connectivity index (χ4n) is 3.69. The number of nitrogens with two attached hydrogens (primary N) is 1. The van der Waals surface area contributed by atoms with Gasteiger partial charge in [0.05, 0.1) is 29.9 Å². The molecule has 3 aromatic rings. The van der Waals surface area contributed by atoms with Crippen LogP contribution in [0, 0.1) is 0 Å². The predicted molar refractivity (Wildman–Crippen MR) is 113 cm³/mol. The Kier molecular flexibility index (Phi) is 4.70. The Morgan fingerprint density at radius 3 is 2.69 bits per heavy atom. The number of ketones is 1. The first-order chi connectivity index (χ1) is 13.8. The Bertz CT molecular complexity index is 1090. The minimum absolute atomic E-state index is 0.00531. The Balaban J connectivity index is 1.63. The van der Waals surface area contributed by atoms with Crippen molar-refractivity contribution >= 4 is 17.5 Å². The molecule has 0 amide bonds. The summed E-state index contributed by atoms with van der Waals surface area (Å²) < 4.78 is 7.66. The van der Waals surface area contributed by atoms with E-state index in [1.54, 1.807) is 18.5 Å². The minimum atomic E-state index is -0.460. The second kappa shape index (κ2) is 7.20. The molecule has 0 radical (unpaired) electrons. The van der Waals surface area contributed by atoms with Crippen LogP contribution in [0.25, 0.3) is 11.3 Å². The average Bonchev–Trinajstić information content (AvgIpc) is 3.23. The Hall–Kier alpha value is -3.41. The molecule has 1 aromatic heterocycles. The number of aromatic nitrogens is 2. The number of amidine groups is 1. The van der Waals surface area contributed by atoms with E-state index in [0.717, 1.165) is 16.8 Å². The zero-order chi connectivity index (χ0) is 20.6. The molecule has 0 aliphatic carbocycles. The number of carbonyl (C=O) groups excluding carboxylic acids is 1. The van der Waals surface area contributed by atoms with Crippen LogP contribution in [0.4, 0.5) is 5.69 Å². The van der Waals surface area contributed by atoms with Crippen LogP contribution in [0.5, 0.6) is 0 Å². The van der Waals surface area contributed by atoms with Gasteiger partial charge in [0.2, 0.25) is 0 Å². The van der Waals surface area contributed by atoms with Crippen molar-refractivity contribution in [3.63, 3.8) is 0 Å². The highest BCUT2D eigenvalue weighted by Gasteiger charge is 2.30. The van der Waals surface area contributed by atoms with E-state index in [1.807, 2.05) is 51.2 Å². The van der Waals surface area contributed by atoms with Gasteiger partial charge in [-0.3, -0.25) is 4.79 Å². The maximum absolute atomic E-state index is 13.2. The third-order valence-electron chi connectivity index (χ3n) is 4.82. The quantitative estimate of drug-likeness (QED) is 0.406. The van der Waals surface area contributed by atoms with Gasteiger partial charge in [-0.15, -0.1) is 0 Å². The Labute approximate surface area is 170 Å². The van der Waals surface area contributed by atoms with Crippen LogP contribution < -0.4 is 5.73 Å². The van der Waals surface area contributed by atoms with Gasteiger partial charge < -0.3 is 15.0 Å². The van der Waals surface area contributed by atoms with Gasteiger partial charge in [0.1, 0.15) is 5.60 Å².